The molecule has 1 atom stereocenters. The zero-order valence-corrected chi connectivity index (χ0v) is 11.4. The summed E-state index contributed by atoms with van der Waals surface area (Å²) in [7, 11) is -2.90. The molecule has 1 N–H and O–H groups in total. The van der Waals surface area contributed by atoms with Crippen molar-refractivity contribution in [3.05, 3.63) is 60.2 Å². The molecule has 94 valence electrons. The fourth-order valence-electron chi connectivity index (χ4n) is 1.57. The second kappa shape index (κ2) is 5.28. The molecule has 0 bridgehead atoms. The lowest BCUT2D eigenvalue weighted by Gasteiger charge is -2.17. The van der Waals surface area contributed by atoms with Gasteiger partial charge in [0.2, 0.25) is 0 Å². The summed E-state index contributed by atoms with van der Waals surface area (Å²) in [5.74, 6) is 0.600. The van der Waals surface area contributed by atoms with Gasteiger partial charge in [0.25, 0.3) is 0 Å². The summed E-state index contributed by atoms with van der Waals surface area (Å²) >= 11 is 0. The molecule has 18 heavy (non-hydrogen) atoms. The Bertz CT molecular complexity index is 552. The molecule has 3 nitrogen and oxygen atoms in total. The number of aryl methyl sites for hydroxylation is 1. The highest BCUT2D eigenvalue weighted by Crippen LogP contribution is 2.42. The zero-order chi connectivity index (χ0) is 13.0. The molecular weight excluding hydrogens is 245 g/mol. The van der Waals surface area contributed by atoms with Gasteiger partial charge in [0, 0.05) is 12.4 Å². The summed E-state index contributed by atoms with van der Waals surface area (Å²) in [5, 5.41) is 2.93. The van der Waals surface area contributed by atoms with E-state index in [0.29, 0.717) is 5.75 Å². The van der Waals surface area contributed by atoms with E-state index in [2.05, 4.69) is 5.09 Å². The Balaban J connectivity index is 2.08. The van der Waals surface area contributed by atoms with E-state index < -0.39 is 7.52 Å². The van der Waals surface area contributed by atoms with Crippen LogP contribution in [-0.2, 0) is 4.57 Å². The van der Waals surface area contributed by atoms with Crippen molar-refractivity contribution in [3.63, 3.8) is 0 Å². The predicted molar refractivity (Wildman–Crippen MR) is 75.4 cm³/mol. The van der Waals surface area contributed by atoms with Gasteiger partial charge in [0.15, 0.2) is 0 Å². The van der Waals surface area contributed by atoms with Crippen LogP contribution in [0.4, 0.5) is 5.69 Å². The second-order valence-corrected chi connectivity index (χ2v) is 6.33. The van der Waals surface area contributed by atoms with Gasteiger partial charge in [-0.1, -0.05) is 35.9 Å². The van der Waals surface area contributed by atoms with Crippen LogP contribution in [0.1, 0.15) is 5.56 Å². The first-order chi connectivity index (χ1) is 8.55. The summed E-state index contributed by atoms with van der Waals surface area (Å²) in [4.78, 5) is 0. The summed E-state index contributed by atoms with van der Waals surface area (Å²) in [6.07, 6.45) is 0. The van der Waals surface area contributed by atoms with Crippen LogP contribution in [0.15, 0.2) is 54.6 Å². The molecule has 2 aromatic rings. The molecule has 0 aliphatic heterocycles. The minimum Gasteiger partial charge on any atom is -0.429 e. The second-order valence-electron chi connectivity index (χ2n) is 4.23. The van der Waals surface area contributed by atoms with Crippen molar-refractivity contribution < 1.29 is 9.09 Å². The predicted octanol–water partition coefficient (Wildman–Crippen LogP) is 4.31. The van der Waals surface area contributed by atoms with Crippen LogP contribution >= 0.6 is 7.52 Å². The van der Waals surface area contributed by atoms with Gasteiger partial charge in [0.05, 0.1) is 0 Å². The molecule has 4 heteroatoms. The number of anilines is 1. The van der Waals surface area contributed by atoms with Gasteiger partial charge in [-0.05, 0) is 31.2 Å². The molecule has 0 aromatic heterocycles. The molecule has 0 amide bonds. The molecule has 0 radical (unpaired) electrons. The summed E-state index contributed by atoms with van der Waals surface area (Å²) in [6.45, 7) is 3.58. The smallest absolute Gasteiger partial charge is 0.338 e. The number of rotatable bonds is 4. The van der Waals surface area contributed by atoms with Crippen molar-refractivity contribution in [2.75, 3.05) is 11.8 Å². The fraction of sp³-hybridized carbons (Fsp3) is 0.143. The van der Waals surface area contributed by atoms with Crippen molar-refractivity contribution in [3.8, 4) is 5.75 Å². The third kappa shape index (κ3) is 3.64. The first-order valence-electron chi connectivity index (χ1n) is 5.72. The molecule has 2 rings (SSSR count). The van der Waals surface area contributed by atoms with Crippen molar-refractivity contribution in [2.24, 2.45) is 0 Å². The number of nitrogens with one attached hydrogen (secondary N) is 1. The van der Waals surface area contributed by atoms with Crippen LogP contribution < -0.4 is 9.61 Å². The number of benzene rings is 2. The maximum Gasteiger partial charge on any atom is 0.338 e. The van der Waals surface area contributed by atoms with Crippen molar-refractivity contribution >= 4 is 13.2 Å². The minimum absolute atomic E-state index is 0.600. The molecule has 0 saturated heterocycles. The molecule has 1 unspecified atom stereocenters. The van der Waals surface area contributed by atoms with E-state index in [4.69, 9.17) is 4.52 Å². The van der Waals surface area contributed by atoms with Crippen molar-refractivity contribution in [1.82, 2.24) is 0 Å². The summed E-state index contributed by atoms with van der Waals surface area (Å²) in [5.41, 5.74) is 1.96. The van der Waals surface area contributed by atoms with Gasteiger partial charge in [-0.25, -0.2) is 0 Å². The average molecular weight is 261 g/mol. The van der Waals surface area contributed by atoms with E-state index in [-0.39, 0.29) is 0 Å². The standard InChI is InChI=1S/C14H16NO2P/c1-12-8-10-13(11-9-12)15-18(2,16)17-14-6-4-3-5-7-14/h3-11H,1-2H3,(H,15,16). The van der Waals surface area contributed by atoms with Crippen LogP contribution in [0.2, 0.25) is 0 Å². The number of hydrogen-bond acceptors (Lipinski definition) is 2. The Hall–Kier alpha value is -1.73. The lowest BCUT2D eigenvalue weighted by Crippen LogP contribution is -2.02. The van der Waals surface area contributed by atoms with Crippen LogP contribution in [0, 0.1) is 6.92 Å². The van der Waals surface area contributed by atoms with Gasteiger partial charge in [-0.3, -0.25) is 4.57 Å². The highest BCUT2D eigenvalue weighted by molar-refractivity contribution is 7.60. The molecule has 0 heterocycles. The quantitative estimate of drug-likeness (QED) is 0.833. The van der Waals surface area contributed by atoms with Crippen LogP contribution in [0.3, 0.4) is 0 Å². The summed E-state index contributed by atoms with van der Waals surface area (Å²) in [6, 6.07) is 16.9. The molecule has 0 saturated carbocycles. The first-order valence-corrected chi connectivity index (χ1v) is 7.79. The highest BCUT2D eigenvalue weighted by atomic mass is 31.2. The third-order valence-electron chi connectivity index (χ3n) is 2.41. The number of para-hydroxylation sites is 1. The van der Waals surface area contributed by atoms with Crippen LogP contribution in [0.5, 0.6) is 5.75 Å². The summed E-state index contributed by atoms with van der Waals surface area (Å²) < 4.78 is 17.8. The Morgan fingerprint density at radius 3 is 2.22 bits per heavy atom. The molecule has 0 aliphatic rings. The third-order valence-corrected chi connectivity index (χ3v) is 3.63. The van der Waals surface area contributed by atoms with E-state index >= 15 is 0 Å². The van der Waals surface area contributed by atoms with Crippen molar-refractivity contribution in [2.45, 2.75) is 6.92 Å². The first kappa shape index (κ1) is 12.7. The van der Waals surface area contributed by atoms with E-state index in [0.717, 1.165) is 11.3 Å². The maximum atomic E-state index is 12.3. The Morgan fingerprint density at radius 1 is 1.00 bits per heavy atom. The van der Waals surface area contributed by atoms with Crippen LogP contribution in [-0.4, -0.2) is 6.66 Å². The Kier molecular flexibility index (Phi) is 3.73. The highest BCUT2D eigenvalue weighted by Gasteiger charge is 2.16. The van der Waals surface area contributed by atoms with Gasteiger partial charge >= 0.3 is 7.52 Å². The van der Waals surface area contributed by atoms with Gasteiger partial charge < -0.3 is 9.61 Å². The Morgan fingerprint density at radius 2 is 1.61 bits per heavy atom. The Labute approximate surface area is 107 Å². The molecule has 2 aromatic carbocycles. The van der Waals surface area contributed by atoms with Crippen molar-refractivity contribution in [1.29, 1.82) is 0 Å². The SMILES string of the molecule is Cc1ccc(NP(C)(=O)Oc2ccccc2)cc1. The average Bonchev–Trinajstić information content (AvgIpc) is 2.32. The minimum atomic E-state index is -2.90. The van der Waals surface area contributed by atoms with Gasteiger partial charge in [-0.15, -0.1) is 0 Å². The molecule has 0 aliphatic carbocycles. The van der Waals surface area contributed by atoms with E-state index in [1.807, 2.05) is 49.4 Å². The monoisotopic (exact) mass is 261 g/mol. The molecular formula is C14H16NO2P. The lowest BCUT2D eigenvalue weighted by molar-refractivity contribution is 0.493. The van der Waals surface area contributed by atoms with E-state index in [1.165, 1.54) is 0 Å². The number of hydrogen-bond donors (Lipinski definition) is 1. The van der Waals surface area contributed by atoms with Gasteiger partial charge in [0.1, 0.15) is 5.75 Å². The van der Waals surface area contributed by atoms with E-state index in [9.17, 15) is 4.57 Å². The zero-order valence-electron chi connectivity index (χ0n) is 10.5. The molecule has 0 spiro atoms. The fourth-order valence-corrected chi connectivity index (χ4v) is 2.76. The van der Waals surface area contributed by atoms with Crippen LogP contribution in [0.25, 0.3) is 0 Å². The lowest BCUT2D eigenvalue weighted by atomic mass is 10.2. The largest absolute Gasteiger partial charge is 0.429 e. The van der Waals surface area contributed by atoms with Gasteiger partial charge in [-0.2, -0.15) is 0 Å². The maximum absolute atomic E-state index is 12.3. The molecule has 0 fully saturated rings. The van der Waals surface area contributed by atoms with E-state index in [1.54, 1.807) is 18.8 Å². The topological polar surface area (TPSA) is 38.3 Å². The normalized spacial score (nSPS) is 13.7.